The smallest absolute Gasteiger partial charge is 0.127 e. The highest BCUT2D eigenvalue weighted by Crippen LogP contribution is 2.20. The van der Waals surface area contributed by atoms with Crippen LogP contribution in [0, 0.1) is 0 Å². The van der Waals surface area contributed by atoms with E-state index in [4.69, 9.17) is 14.6 Å². The first-order valence-corrected chi connectivity index (χ1v) is 5.58. The van der Waals surface area contributed by atoms with E-state index in [1.54, 1.807) is 26.2 Å². The Morgan fingerprint density at radius 1 is 1.11 bits per heavy atom. The highest BCUT2D eigenvalue weighted by Gasteiger charge is 2.00. The van der Waals surface area contributed by atoms with Crippen molar-refractivity contribution < 1.29 is 14.6 Å². The predicted molar refractivity (Wildman–Crippen MR) is 72.9 cm³/mol. The van der Waals surface area contributed by atoms with E-state index in [0.29, 0.717) is 11.5 Å². The third kappa shape index (κ3) is 4.37. The second-order valence-electron chi connectivity index (χ2n) is 3.86. The molecule has 3 nitrogen and oxygen atoms in total. The van der Waals surface area contributed by atoms with Crippen LogP contribution in [0.4, 0.5) is 0 Å². The van der Waals surface area contributed by atoms with Gasteiger partial charge in [-0.1, -0.05) is 12.7 Å². The Labute approximate surface area is 108 Å². The van der Waals surface area contributed by atoms with Crippen LogP contribution in [0.25, 0.3) is 0 Å². The normalized spacial score (nSPS) is 12.2. The van der Waals surface area contributed by atoms with Gasteiger partial charge < -0.3 is 14.6 Å². The number of methoxy groups -OCH3 is 1. The molecule has 1 N–H and O–H groups in total. The van der Waals surface area contributed by atoms with Gasteiger partial charge in [0.05, 0.1) is 12.9 Å². The molecule has 1 aromatic carbocycles. The molecule has 3 heteroatoms. The molecule has 0 aliphatic carbocycles. The number of hydrogen-bond acceptors (Lipinski definition) is 3. The fraction of sp³-hybridized carbons (Fsp3) is 0.200. The first-order valence-electron chi connectivity index (χ1n) is 5.58. The molecular weight excluding hydrogens is 228 g/mol. The van der Waals surface area contributed by atoms with E-state index in [-0.39, 0.29) is 5.76 Å². The van der Waals surface area contributed by atoms with Gasteiger partial charge in [0.2, 0.25) is 0 Å². The first kappa shape index (κ1) is 13.9. The monoisotopic (exact) mass is 246 g/mol. The summed E-state index contributed by atoms with van der Waals surface area (Å²) in [4.78, 5) is 0. The quantitative estimate of drug-likeness (QED) is 0.630. The second kappa shape index (κ2) is 6.55. The number of allylic oxidation sites excluding steroid dienone is 4. The molecule has 0 radical (unpaired) electrons. The van der Waals surface area contributed by atoms with E-state index in [9.17, 15) is 0 Å². The summed E-state index contributed by atoms with van der Waals surface area (Å²) in [5, 5.41) is 9.06. The van der Waals surface area contributed by atoms with E-state index in [2.05, 4.69) is 6.58 Å². The molecule has 0 spiro atoms. The molecule has 0 saturated carbocycles. The summed E-state index contributed by atoms with van der Waals surface area (Å²) in [6.45, 7) is 7.31. The molecule has 96 valence electrons. The maximum atomic E-state index is 9.06. The van der Waals surface area contributed by atoms with Gasteiger partial charge in [0, 0.05) is 0 Å². The lowest BCUT2D eigenvalue weighted by Crippen LogP contribution is -1.95. The number of ether oxygens (including phenoxy) is 2. The number of hydrogen-bond donors (Lipinski definition) is 1. The number of aliphatic hydroxyl groups excluding tert-OH is 1. The van der Waals surface area contributed by atoms with Crippen molar-refractivity contribution in [3.63, 3.8) is 0 Å². The lowest BCUT2D eigenvalue weighted by molar-refractivity contribution is 0.409. The summed E-state index contributed by atoms with van der Waals surface area (Å²) in [7, 11) is 1.62. The summed E-state index contributed by atoms with van der Waals surface area (Å²) in [5.41, 5.74) is 0.846. The van der Waals surface area contributed by atoms with Crippen LogP contribution in [0.1, 0.15) is 13.8 Å². The van der Waals surface area contributed by atoms with E-state index in [0.717, 1.165) is 11.3 Å². The Morgan fingerprint density at radius 2 is 1.67 bits per heavy atom. The van der Waals surface area contributed by atoms with E-state index < -0.39 is 0 Å². The predicted octanol–water partition coefficient (Wildman–Crippen LogP) is 4.00. The van der Waals surface area contributed by atoms with Gasteiger partial charge in [0.25, 0.3) is 0 Å². The van der Waals surface area contributed by atoms with Crippen LogP contribution in [-0.2, 0) is 0 Å². The Kier molecular flexibility index (Phi) is 5.06. The van der Waals surface area contributed by atoms with Crippen molar-refractivity contribution in [2.24, 2.45) is 0 Å². The van der Waals surface area contributed by atoms with E-state index >= 15 is 0 Å². The lowest BCUT2D eigenvalue weighted by atomic mass is 10.2. The van der Waals surface area contributed by atoms with Crippen molar-refractivity contribution >= 4 is 0 Å². The summed E-state index contributed by atoms with van der Waals surface area (Å²) in [6.07, 6.45) is 3.35. The summed E-state index contributed by atoms with van der Waals surface area (Å²) < 4.78 is 10.6. The van der Waals surface area contributed by atoms with Crippen LogP contribution in [0.3, 0.4) is 0 Å². The molecule has 0 fully saturated rings. The molecule has 0 bridgehead atoms. The van der Waals surface area contributed by atoms with Gasteiger partial charge in [-0.05, 0) is 49.8 Å². The van der Waals surface area contributed by atoms with Crippen LogP contribution >= 0.6 is 0 Å². The second-order valence-corrected chi connectivity index (χ2v) is 3.86. The van der Waals surface area contributed by atoms with Crippen molar-refractivity contribution in [3.05, 3.63) is 60.1 Å². The highest BCUT2D eigenvalue weighted by atomic mass is 16.5. The molecule has 0 aliphatic rings. The third-order valence-electron chi connectivity index (χ3n) is 2.31. The molecule has 18 heavy (non-hydrogen) atoms. The summed E-state index contributed by atoms with van der Waals surface area (Å²) >= 11 is 0. The SMILES string of the molecule is C=C(Oc1ccc(OC)cc1)/C(C)=C/C=C(\C)O. The number of rotatable bonds is 5. The Morgan fingerprint density at radius 3 is 2.17 bits per heavy atom. The van der Waals surface area contributed by atoms with Gasteiger partial charge in [0.1, 0.15) is 17.3 Å². The Hall–Kier alpha value is -2.16. The largest absolute Gasteiger partial charge is 0.513 e. The minimum atomic E-state index is 0.242. The van der Waals surface area contributed by atoms with Crippen LogP contribution in [0.5, 0.6) is 11.5 Å². The number of benzene rings is 1. The molecule has 0 unspecified atom stereocenters. The van der Waals surface area contributed by atoms with Crippen molar-refractivity contribution in [1.29, 1.82) is 0 Å². The van der Waals surface area contributed by atoms with Crippen LogP contribution < -0.4 is 9.47 Å². The van der Waals surface area contributed by atoms with Crippen molar-refractivity contribution in [2.45, 2.75) is 13.8 Å². The van der Waals surface area contributed by atoms with E-state index in [1.807, 2.05) is 31.2 Å². The molecule has 0 atom stereocenters. The van der Waals surface area contributed by atoms with Gasteiger partial charge >= 0.3 is 0 Å². The van der Waals surface area contributed by atoms with Gasteiger partial charge in [-0.15, -0.1) is 0 Å². The molecule has 0 heterocycles. The molecular formula is C15H18O3. The Balaban J connectivity index is 2.69. The zero-order valence-electron chi connectivity index (χ0n) is 10.9. The van der Waals surface area contributed by atoms with Crippen molar-refractivity contribution in [2.75, 3.05) is 7.11 Å². The van der Waals surface area contributed by atoms with Crippen LogP contribution in [0.2, 0.25) is 0 Å². The minimum absolute atomic E-state index is 0.242. The maximum absolute atomic E-state index is 9.06. The molecule has 0 aliphatic heterocycles. The van der Waals surface area contributed by atoms with Gasteiger partial charge in [-0.3, -0.25) is 0 Å². The van der Waals surface area contributed by atoms with Gasteiger partial charge in [-0.25, -0.2) is 0 Å². The van der Waals surface area contributed by atoms with E-state index in [1.165, 1.54) is 0 Å². The molecule has 1 rings (SSSR count). The van der Waals surface area contributed by atoms with Crippen LogP contribution in [-0.4, -0.2) is 12.2 Å². The van der Waals surface area contributed by atoms with Crippen LogP contribution in [0.15, 0.2) is 60.1 Å². The summed E-state index contributed by atoms with van der Waals surface area (Å²) in [6, 6.07) is 7.26. The van der Waals surface area contributed by atoms with Crippen molar-refractivity contribution in [1.82, 2.24) is 0 Å². The standard InChI is InChI=1S/C15H18O3/c1-11(5-6-12(2)16)13(3)18-15-9-7-14(17-4)8-10-15/h5-10,16H,3H2,1-2,4H3/b11-5+,12-6+. The average Bonchev–Trinajstić information content (AvgIpc) is 2.36. The maximum Gasteiger partial charge on any atom is 0.127 e. The van der Waals surface area contributed by atoms with Gasteiger partial charge in [0.15, 0.2) is 0 Å². The van der Waals surface area contributed by atoms with Gasteiger partial charge in [-0.2, -0.15) is 0 Å². The zero-order valence-corrected chi connectivity index (χ0v) is 10.9. The molecule has 0 amide bonds. The molecule has 0 saturated heterocycles. The average molecular weight is 246 g/mol. The fourth-order valence-corrected chi connectivity index (χ4v) is 1.21. The minimum Gasteiger partial charge on any atom is -0.513 e. The third-order valence-corrected chi connectivity index (χ3v) is 2.31. The molecule has 1 aromatic rings. The zero-order chi connectivity index (χ0) is 13.5. The topological polar surface area (TPSA) is 38.7 Å². The van der Waals surface area contributed by atoms with Crippen molar-refractivity contribution in [3.8, 4) is 11.5 Å². The number of aliphatic hydroxyl groups is 1. The lowest BCUT2D eigenvalue weighted by Gasteiger charge is -2.09. The Bertz CT molecular complexity index is 463. The highest BCUT2D eigenvalue weighted by molar-refractivity contribution is 5.35. The molecule has 0 aromatic heterocycles. The fourth-order valence-electron chi connectivity index (χ4n) is 1.21. The first-order chi connectivity index (χ1) is 8.52. The summed E-state index contributed by atoms with van der Waals surface area (Å²) in [5.74, 6) is 2.25.